The molecule has 0 aliphatic rings. The van der Waals surface area contributed by atoms with Crippen LogP contribution in [0.5, 0.6) is 0 Å². The van der Waals surface area contributed by atoms with E-state index in [0.29, 0.717) is 0 Å². The zero-order valence-electron chi connectivity index (χ0n) is 8.24. The average Bonchev–Trinajstić information content (AvgIpc) is 2.26. The van der Waals surface area contributed by atoms with Gasteiger partial charge in [-0.05, 0) is 30.5 Å². The second-order valence-electron chi connectivity index (χ2n) is 3.44. The molecule has 0 fully saturated rings. The van der Waals surface area contributed by atoms with E-state index in [4.69, 9.17) is 0 Å². The zero-order valence-corrected chi connectivity index (χ0v) is 8.24. The standard InChI is InChI=1S/C13H14N/c1-2-3-6-11-9-10-14-13-8-5-4-7-12(11)13/h4-5,7-10H,1-3,6H2. The van der Waals surface area contributed by atoms with Crippen molar-refractivity contribution in [1.29, 1.82) is 0 Å². The second-order valence-corrected chi connectivity index (χ2v) is 3.44. The molecule has 1 heteroatoms. The molecule has 0 N–H and O–H groups in total. The van der Waals surface area contributed by atoms with Gasteiger partial charge in [0, 0.05) is 11.6 Å². The molecule has 0 saturated heterocycles. The molecule has 0 saturated carbocycles. The number of rotatable bonds is 3. The first-order valence-corrected chi connectivity index (χ1v) is 5.03. The molecular weight excluding hydrogens is 170 g/mol. The van der Waals surface area contributed by atoms with Crippen LogP contribution in [0.1, 0.15) is 18.4 Å². The van der Waals surface area contributed by atoms with E-state index in [0.717, 1.165) is 24.8 Å². The largest absolute Gasteiger partial charge is 0.256 e. The minimum Gasteiger partial charge on any atom is -0.256 e. The van der Waals surface area contributed by atoms with Gasteiger partial charge in [0.2, 0.25) is 0 Å². The summed E-state index contributed by atoms with van der Waals surface area (Å²) >= 11 is 0. The fraction of sp³-hybridized carbons (Fsp3) is 0.231. The van der Waals surface area contributed by atoms with Crippen molar-refractivity contribution in [3.63, 3.8) is 0 Å². The van der Waals surface area contributed by atoms with Gasteiger partial charge in [-0.3, -0.25) is 4.98 Å². The molecule has 2 rings (SSSR count). The van der Waals surface area contributed by atoms with Crippen LogP contribution >= 0.6 is 0 Å². The summed E-state index contributed by atoms with van der Waals surface area (Å²) in [7, 11) is 0. The van der Waals surface area contributed by atoms with Crippen LogP contribution in [0.15, 0.2) is 36.5 Å². The van der Waals surface area contributed by atoms with Gasteiger partial charge in [-0.1, -0.05) is 31.5 Å². The van der Waals surface area contributed by atoms with Crippen LogP contribution in [-0.4, -0.2) is 4.98 Å². The van der Waals surface area contributed by atoms with Crippen molar-refractivity contribution in [1.82, 2.24) is 4.98 Å². The summed E-state index contributed by atoms with van der Waals surface area (Å²) in [6, 6.07) is 10.4. The summed E-state index contributed by atoms with van der Waals surface area (Å²) in [5.41, 5.74) is 2.48. The highest BCUT2D eigenvalue weighted by Gasteiger charge is 1.99. The Kier molecular flexibility index (Phi) is 2.78. The van der Waals surface area contributed by atoms with Crippen molar-refractivity contribution in [3.05, 3.63) is 49.0 Å². The number of hydrogen-bond acceptors (Lipinski definition) is 1. The normalized spacial score (nSPS) is 10.6. The molecule has 1 radical (unpaired) electrons. The van der Waals surface area contributed by atoms with Gasteiger partial charge in [0.25, 0.3) is 0 Å². The Bertz CT molecular complexity index is 415. The molecule has 2 aromatic rings. The Hall–Kier alpha value is -1.37. The summed E-state index contributed by atoms with van der Waals surface area (Å²) in [6.45, 7) is 3.87. The van der Waals surface area contributed by atoms with Gasteiger partial charge in [-0.2, -0.15) is 0 Å². The topological polar surface area (TPSA) is 12.9 Å². The molecule has 1 nitrogen and oxygen atoms in total. The first-order valence-electron chi connectivity index (χ1n) is 5.03. The van der Waals surface area contributed by atoms with E-state index in [1.54, 1.807) is 0 Å². The van der Waals surface area contributed by atoms with Crippen molar-refractivity contribution in [3.8, 4) is 0 Å². The van der Waals surface area contributed by atoms with Crippen LogP contribution in [0.3, 0.4) is 0 Å². The molecule has 0 unspecified atom stereocenters. The van der Waals surface area contributed by atoms with Crippen molar-refractivity contribution < 1.29 is 0 Å². The van der Waals surface area contributed by atoms with Crippen LogP contribution in [-0.2, 0) is 6.42 Å². The number of fused-ring (bicyclic) bond motifs is 1. The van der Waals surface area contributed by atoms with Gasteiger partial charge >= 0.3 is 0 Å². The zero-order chi connectivity index (χ0) is 9.80. The number of benzene rings is 1. The third kappa shape index (κ3) is 1.77. The molecule has 71 valence electrons. The summed E-state index contributed by atoms with van der Waals surface area (Å²) < 4.78 is 0. The smallest absolute Gasteiger partial charge is 0.0704 e. The Labute approximate surface area is 84.8 Å². The summed E-state index contributed by atoms with van der Waals surface area (Å²) in [5, 5.41) is 1.28. The molecule has 0 bridgehead atoms. The summed E-state index contributed by atoms with van der Waals surface area (Å²) in [5.74, 6) is 0. The molecule has 1 heterocycles. The molecule has 0 aliphatic heterocycles. The fourth-order valence-corrected chi connectivity index (χ4v) is 1.69. The molecule has 0 aliphatic carbocycles. The van der Waals surface area contributed by atoms with Gasteiger partial charge in [0.1, 0.15) is 0 Å². The lowest BCUT2D eigenvalue weighted by molar-refractivity contribution is 0.845. The molecule has 1 aromatic carbocycles. The van der Waals surface area contributed by atoms with E-state index in [1.165, 1.54) is 10.9 Å². The Morgan fingerprint density at radius 1 is 1.14 bits per heavy atom. The van der Waals surface area contributed by atoms with E-state index in [1.807, 2.05) is 12.3 Å². The number of aryl methyl sites for hydroxylation is 1. The highest BCUT2D eigenvalue weighted by molar-refractivity contribution is 5.81. The van der Waals surface area contributed by atoms with Crippen LogP contribution in [0, 0.1) is 6.92 Å². The van der Waals surface area contributed by atoms with Crippen LogP contribution in [0.25, 0.3) is 10.9 Å². The van der Waals surface area contributed by atoms with Gasteiger partial charge in [-0.15, -0.1) is 0 Å². The maximum Gasteiger partial charge on any atom is 0.0704 e. The van der Waals surface area contributed by atoms with E-state index < -0.39 is 0 Å². The molecule has 14 heavy (non-hydrogen) atoms. The number of hydrogen-bond donors (Lipinski definition) is 0. The Morgan fingerprint density at radius 2 is 2.00 bits per heavy atom. The minimum absolute atomic E-state index is 0.997. The lowest BCUT2D eigenvalue weighted by Crippen LogP contribution is -1.88. The lowest BCUT2D eigenvalue weighted by Gasteiger charge is -2.04. The van der Waals surface area contributed by atoms with Crippen LogP contribution in [0.4, 0.5) is 0 Å². The fourth-order valence-electron chi connectivity index (χ4n) is 1.69. The number of unbranched alkanes of at least 4 members (excludes halogenated alkanes) is 1. The minimum atomic E-state index is 0.997. The Morgan fingerprint density at radius 3 is 2.86 bits per heavy atom. The molecule has 1 aromatic heterocycles. The molecule has 0 atom stereocenters. The summed E-state index contributed by atoms with van der Waals surface area (Å²) in [6.07, 6.45) is 5.14. The highest BCUT2D eigenvalue weighted by atomic mass is 14.6. The number of nitrogens with zero attached hydrogens (tertiary/aromatic N) is 1. The van der Waals surface area contributed by atoms with E-state index in [2.05, 4.69) is 36.2 Å². The molecule has 0 amide bonds. The predicted molar refractivity (Wildman–Crippen MR) is 60.0 cm³/mol. The molecular formula is C13H14N. The summed E-state index contributed by atoms with van der Waals surface area (Å²) in [4.78, 5) is 4.33. The highest BCUT2D eigenvalue weighted by Crippen LogP contribution is 2.17. The van der Waals surface area contributed by atoms with E-state index in [-0.39, 0.29) is 0 Å². The van der Waals surface area contributed by atoms with Gasteiger partial charge < -0.3 is 0 Å². The van der Waals surface area contributed by atoms with Gasteiger partial charge in [-0.25, -0.2) is 0 Å². The van der Waals surface area contributed by atoms with E-state index in [9.17, 15) is 0 Å². The second kappa shape index (κ2) is 4.23. The van der Waals surface area contributed by atoms with Gasteiger partial charge in [0.05, 0.1) is 5.52 Å². The average molecular weight is 184 g/mol. The number of para-hydroxylation sites is 1. The van der Waals surface area contributed by atoms with Crippen molar-refractivity contribution in [2.45, 2.75) is 19.3 Å². The maximum atomic E-state index is 4.33. The number of pyridine rings is 1. The van der Waals surface area contributed by atoms with E-state index >= 15 is 0 Å². The van der Waals surface area contributed by atoms with Crippen LogP contribution in [0.2, 0.25) is 0 Å². The van der Waals surface area contributed by atoms with Crippen molar-refractivity contribution >= 4 is 10.9 Å². The third-order valence-electron chi connectivity index (χ3n) is 2.44. The first kappa shape index (κ1) is 9.20. The first-order chi connectivity index (χ1) is 6.92. The van der Waals surface area contributed by atoms with Gasteiger partial charge in [0.15, 0.2) is 0 Å². The van der Waals surface area contributed by atoms with Crippen molar-refractivity contribution in [2.24, 2.45) is 0 Å². The SMILES string of the molecule is [CH2]CCCc1ccnc2ccccc12. The number of aromatic nitrogens is 1. The predicted octanol–water partition coefficient (Wildman–Crippen LogP) is 3.39. The lowest BCUT2D eigenvalue weighted by atomic mass is 10.0. The van der Waals surface area contributed by atoms with Crippen molar-refractivity contribution in [2.75, 3.05) is 0 Å². The molecule has 0 spiro atoms. The monoisotopic (exact) mass is 184 g/mol. The maximum absolute atomic E-state index is 4.33. The Balaban J connectivity index is 2.43. The third-order valence-corrected chi connectivity index (χ3v) is 2.44. The quantitative estimate of drug-likeness (QED) is 0.712. The van der Waals surface area contributed by atoms with Crippen LogP contribution < -0.4 is 0 Å².